The van der Waals surface area contributed by atoms with Crippen molar-refractivity contribution in [2.75, 3.05) is 17.3 Å². The highest BCUT2D eigenvalue weighted by atomic mass is 16.2. The molecule has 6 heteroatoms. The number of aryl methyl sites for hydroxylation is 1. The molecule has 30 heavy (non-hydrogen) atoms. The molecule has 1 aliphatic heterocycles. The molecule has 1 fully saturated rings. The number of carbonyl (C=O) groups is 2. The summed E-state index contributed by atoms with van der Waals surface area (Å²) in [5, 5.41) is 5.58. The maximum atomic E-state index is 13.1. The van der Waals surface area contributed by atoms with Gasteiger partial charge in [-0.2, -0.15) is 0 Å². The van der Waals surface area contributed by atoms with Crippen LogP contribution in [0.25, 0.3) is 0 Å². The minimum absolute atomic E-state index is 0.243. The first kappa shape index (κ1) is 20.1. The lowest BCUT2D eigenvalue weighted by Crippen LogP contribution is -2.47. The minimum Gasteiger partial charge on any atom is -0.311 e. The zero-order valence-corrected chi connectivity index (χ0v) is 17.5. The van der Waals surface area contributed by atoms with Gasteiger partial charge in [-0.1, -0.05) is 55.2 Å². The SMILES string of the molecule is Cc1ccc(NC(=O)NC2N=C(C3CCCCC3)c3ccccc3N(C)C2=O)cc1. The van der Waals surface area contributed by atoms with E-state index in [9.17, 15) is 9.59 Å². The van der Waals surface area contributed by atoms with Gasteiger partial charge in [-0.15, -0.1) is 0 Å². The topological polar surface area (TPSA) is 73.8 Å². The van der Waals surface area contributed by atoms with Crippen molar-refractivity contribution in [3.63, 3.8) is 0 Å². The molecule has 0 radical (unpaired) electrons. The van der Waals surface area contributed by atoms with Crippen LogP contribution in [-0.4, -0.2) is 30.9 Å². The van der Waals surface area contributed by atoms with Crippen LogP contribution in [0.2, 0.25) is 0 Å². The monoisotopic (exact) mass is 404 g/mol. The number of fused-ring (bicyclic) bond motifs is 1. The van der Waals surface area contributed by atoms with Gasteiger partial charge in [0.1, 0.15) is 0 Å². The number of nitrogens with zero attached hydrogens (tertiary/aromatic N) is 2. The lowest BCUT2D eigenvalue weighted by molar-refractivity contribution is -0.119. The van der Waals surface area contributed by atoms with Crippen molar-refractivity contribution in [2.45, 2.75) is 45.2 Å². The van der Waals surface area contributed by atoms with Gasteiger partial charge in [0.15, 0.2) is 0 Å². The highest BCUT2D eigenvalue weighted by molar-refractivity contribution is 6.14. The van der Waals surface area contributed by atoms with E-state index in [0.29, 0.717) is 11.6 Å². The molecule has 0 spiro atoms. The molecule has 0 saturated heterocycles. The Morgan fingerprint density at radius 3 is 2.47 bits per heavy atom. The predicted molar refractivity (Wildman–Crippen MR) is 120 cm³/mol. The van der Waals surface area contributed by atoms with Crippen molar-refractivity contribution in [1.29, 1.82) is 0 Å². The number of aliphatic imine (C=N–C) groups is 1. The lowest BCUT2D eigenvalue weighted by atomic mass is 9.83. The van der Waals surface area contributed by atoms with Crippen LogP contribution in [0.3, 0.4) is 0 Å². The Hall–Kier alpha value is -3.15. The molecule has 1 aliphatic carbocycles. The Morgan fingerprint density at radius 1 is 1.03 bits per heavy atom. The fourth-order valence-electron chi connectivity index (χ4n) is 4.27. The number of urea groups is 1. The molecule has 2 aliphatic rings. The van der Waals surface area contributed by atoms with E-state index in [1.165, 1.54) is 19.3 Å². The Kier molecular flexibility index (Phi) is 5.84. The third-order valence-corrected chi connectivity index (χ3v) is 5.94. The molecule has 1 heterocycles. The van der Waals surface area contributed by atoms with Crippen LogP contribution in [0.4, 0.5) is 16.2 Å². The Morgan fingerprint density at radius 2 is 1.73 bits per heavy atom. The van der Waals surface area contributed by atoms with Gasteiger partial charge in [0.2, 0.25) is 6.17 Å². The summed E-state index contributed by atoms with van der Waals surface area (Å²) in [5.74, 6) is 0.0657. The molecule has 4 rings (SSSR count). The van der Waals surface area contributed by atoms with Crippen LogP contribution in [0, 0.1) is 12.8 Å². The molecule has 1 saturated carbocycles. The second-order valence-electron chi connectivity index (χ2n) is 8.13. The third kappa shape index (κ3) is 4.22. The molecule has 2 aromatic carbocycles. The van der Waals surface area contributed by atoms with Crippen molar-refractivity contribution in [3.05, 3.63) is 59.7 Å². The van der Waals surface area contributed by atoms with E-state index in [1.54, 1.807) is 11.9 Å². The highest BCUT2D eigenvalue weighted by Gasteiger charge is 2.33. The first-order valence-corrected chi connectivity index (χ1v) is 10.6. The Balaban J connectivity index is 1.62. The summed E-state index contributed by atoms with van der Waals surface area (Å²) in [6.45, 7) is 1.99. The van der Waals surface area contributed by atoms with Gasteiger partial charge in [0.25, 0.3) is 5.91 Å². The average molecular weight is 405 g/mol. The minimum atomic E-state index is -0.954. The number of carbonyl (C=O) groups excluding carboxylic acids is 2. The zero-order valence-electron chi connectivity index (χ0n) is 17.5. The number of likely N-dealkylation sites (N-methyl/N-ethyl adjacent to an activating group) is 1. The van der Waals surface area contributed by atoms with Crippen LogP contribution in [-0.2, 0) is 4.79 Å². The number of hydrogen-bond donors (Lipinski definition) is 2. The molecule has 1 atom stereocenters. The van der Waals surface area contributed by atoms with Crippen LogP contribution < -0.4 is 15.5 Å². The molecule has 6 nitrogen and oxygen atoms in total. The summed E-state index contributed by atoms with van der Waals surface area (Å²) >= 11 is 0. The van der Waals surface area contributed by atoms with E-state index in [4.69, 9.17) is 4.99 Å². The summed E-state index contributed by atoms with van der Waals surface area (Å²) in [6, 6.07) is 15.0. The van der Waals surface area contributed by atoms with Crippen LogP contribution in [0.1, 0.15) is 43.2 Å². The van der Waals surface area contributed by atoms with Gasteiger partial charge in [-0.3, -0.25) is 9.79 Å². The van der Waals surface area contributed by atoms with Crippen LogP contribution in [0.5, 0.6) is 0 Å². The number of benzodiazepines with no additional fused rings is 1. The zero-order chi connectivity index (χ0) is 21.1. The van der Waals surface area contributed by atoms with E-state index in [-0.39, 0.29) is 5.91 Å². The van der Waals surface area contributed by atoms with Gasteiger partial charge in [-0.25, -0.2) is 4.79 Å². The molecule has 156 valence electrons. The van der Waals surface area contributed by atoms with E-state index in [0.717, 1.165) is 35.4 Å². The molecular weight excluding hydrogens is 376 g/mol. The van der Waals surface area contributed by atoms with Gasteiger partial charge >= 0.3 is 6.03 Å². The molecule has 0 bridgehead atoms. The maximum absolute atomic E-state index is 13.1. The van der Waals surface area contributed by atoms with Crippen molar-refractivity contribution >= 4 is 29.0 Å². The number of para-hydroxylation sites is 1. The second kappa shape index (κ2) is 8.69. The molecule has 1 unspecified atom stereocenters. The van der Waals surface area contributed by atoms with Crippen molar-refractivity contribution in [2.24, 2.45) is 10.9 Å². The fraction of sp³-hybridized carbons (Fsp3) is 0.375. The van der Waals surface area contributed by atoms with Crippen LogP contribution >= 0.6 is 0 Å². The summed E-state index contributed by atoms with van der Waals surface area (Å²) < 4.78 is 0. The second-order valence-corrected chi connectivity index (χ2v) is 8.13. The number of hydrogen-bond acceptors (Lipinski definition) is 3. The van der Waals surface area contributed by atoms with E-state index in [2.05, 4.69) is 10.6 Å². The number of rotatable bonds is 3. The number of benzene rings is 2. The van der Waals surface area contributed by atoms with Crippen LogP contribution in [0.15, 0.2) is 53.5 Å². The third-order valence-electron chi connectivity index (χ3n) is 5.94. The number of anilines is 2. The van der Waals surface area contributed by atoms with Gasteiger partial charge in [0.05, 0.1) is 11.4 Å². The molecule has 2 aromatic rings. The summed E-state index contributed by atoms with van der Waals surface area (Å²) in [5.41, 5.74) is 4.55. The Labute approximate surface area is 177 Å². The normalized spacial score (nSPS) is 19.5. The quantitative estimate of drug-likeness (QED) is 0.791. The van der Waals surface area contributed by atoms with Crippen molar-refractivity contribution < 1.29 is 9.59 Å². The summed E-state index contributed by atoms with van der Waals surface area (Å²) in [4.78, 5) is 32.2. The average Bonchev–Trinajstić information content (AvgIpc) is 2.87. The fourth-order valence-corrected chi connectivity index (χ4v) is 4.27. The first-order chi connectivity index (χ1) is 14.5. The van der Waals surface area contributed by atoms with Gasteiger partial charge < -0.3 is 15.5 Å². The molecule has 2 N–H and O–H groups in total. The maximum Gasteiger partial charge on any atom is 0.321 e. The number of amides is 3. The van der Waals surface area contributed by atoms with E-state index < -0.39 is 12.2 Å². The summed E-state index contributed by atoms with van der Waals surface area (Å²) in [6.07, 6.45) is 4.75. The van der Waals surface area contributed by atoms with Crippen molar-refractivity contribution in [3.8, 4) is 0 Å². The van der Waals surface area contributed by atoms with E-state index >= 15 is 0 Å². The molecule has 3 amide bonds. The highest BCUT2D eigenvalue weighted by Crippen LogP contribution is 2.33. The molecular formula is C24H28N4O2. The summed E-state index contributed by atoms with van der Waals surface area (Å²) in [7, 11) is 1.74. The van der Waals surface area contributed by atoms with Gasteiger partial charge in [-0.05, 0) is 38.0 Å². The standard InChI is InChI=1S/C24H28N4O2/c1-16-12-14-18(15-13-16)25-24(30)27-22-23(29)28(2)20-11-7-6-10-19(20)21(26-22)17-8-4-3-5-9-17/h6-7,10-15,17,22H,3-5,8-9H2,1-2H3,(H2,25,27,30). The predicted octanol–water partition coefficient (Wildman–Crippen LogP) is 4.49. The largest absolute Gasteiger partial charge is 0.321 e. The van der Waals surface area contributed by atoms with E-state index in [1.807, 2.05) is 55.5 Å². The first-order valence-electron chi connectivity index (χ1n) is 10.6. The molecule has 0 aromatic heterocycles. The number of nitrogens with one attached hydrogen (secondary N) is 2. The smallest absolute Gasteiger partial charge is 0.311 e. The van der Waals surface area contributed by atoms with Gasteiger partial charge in [0, 0.05) is 24.2 Å². The lowest BCUT2D eigenvalue weighted by Gasteiger charge is -2.25. The van der Waals surface area contributed by atoms with Crippen molar-refractivity contribution in [1.82, 2.24) is 5.32 Å². The Bertz CT molecular complexity index is 961.